The van der Waals surface area contributed by atoms with Gasteiger partial charge in [-0.1, -0.05) is 13.3 Å². The molecule has 1 aliphatic rings. The molecule has 1 saturated heterocycles. The van der Waals surface area contributed by atoms with Crippen molar-refractivity contribution >= 4 is 21.8 Å². The fourth-order valence-electron chi connectivity index (χ4n) is 3.16. The summed E-state index contributed by atoms with van der Waals surface area (Å²) in [5.41, 5.74) is 0.160. The van der Waals surface area contributed by atoms with Crippen LogP contribution in [0.25, 0.3) is 0 Å². The number of hydrogen-bond donors (Lipinski definition) is 2. The van der Waals surface area contributed by atoms with Crippen molar-refractivity contribution in [1.82, 2.24) is 14.9 Å². The van der Waals surface area contributed by atoms with Gasteiger partial charge in [0.25, 0.3) is 5.91 Å². The number of nitrogens with one attached hydrogen (secondary N) is 2. The summed E-state index contributed by atoms with van der Waals surface area (Å²) < 4.78 is 33.1. The summed E-state index contributed by atoms with van der Waals surface area (Å²) >= 11 is 0. The van der Waals surface area contributed by atoms with E-state index in [1.54, 1.807) is 0 Å². The number of ether oxygens (including phenoxy) is 1. The molecule has 1 heterocycles. The number of methoxy groups -OCH3 is 1. The van der Waals surface area contributed by atoms with Crippen molar-refractivity contribution in [3.05, 3.63) is 23.8 Å². The van der Waals surface area contributed by atoms with Crippen LogP contribution in [-0.4, -0.2) is 57.3 Å². The number of sulfonamides is 1. The fraction of sp³-hybridized carbons (Fsp3) is 0.579. The van der Waals surface area contributed by atoms with Gasteiger partial charge in [0.1, 0.15) is 10.6 Å². The molecule has 0 spiro atoms. The van der Waals surface area contributed by atoms with Gasteiger partial charge in [-0.05, 0) is 44.4 Å². The Hall–Kier alpha value is -2.13. The Bertz CT molecular complexity index is 810. The maximum atomic E-state index is 13.2. The number of benzene rings is 1. The van der Waals surface area contributed by atoms with E-state index >= 15 is 0 Å². The SMILES string of the molecule is CCCNC(=O)CNC(=O)c1ccc(OC)c(S(=O)(=O)N2CCCC[C@H]2C)c1. The van der Waals surface area contributed by atoms with Crippen LogP contribution in [0.2, 0.25) is 0 Å². The Kier molecular flexibility index (Phi) is 7.82. The van der Waals surface area contributed by atoms with Crippen LogP contribution >= 0.6 is 0 Å². The molecule has 0 aromatic heterocycles. The number of carbonyl (C=O) groups is 2. The minimum Gasteiger partial charge on any atom is -0.495 e. The third-order valence-corrected chi connectivity index (χ3v) is 6.77. The van der Waals surface area contributed by atoms with E-state index in [0.29, 0.717) is 13.1 Å². The molecule has 28 heavy (non-hydrogen) atoms. The maximum absolute atomic E-state index is 13.2. The van der Waals surface area contributed by atoms with Crippen LogP contribution in [0.3, 0.4) is 0 Å². The third kappa shape index (κ3) is 5.23. The Labute approximate surface area is 166 Å². The van der Waals surface area contributed by atoms with E-state index in [2.05, 4.69) is 10.6 Å². The highest BCUT2D eigenvalue weighted by Crippen LogP contribution is 2.31. The van der Waals surface area contributed by atoms with E-state index in [1.165, 1.54) is 29.6 Å². The lowest BCUT2D eigenvalue weighted by Gasteiger charge is -2.32. The van der Waals surface area contributed by atoms with Crippen molar-refractivity contribution in [3.63, 3.8) is 0 Å². The van der Waals surface area contributed by atoms with Gasteiger partial charge in [0.05, 0.1) is 13.7 Å². The predicted octanol–water partition coefficient (Wildman–Crippen LogP) is 1.51. The van der Waals surface area contributed by atoms with Crippen molar-refractivity contribution < 1.29 is 22.7 Å². The first-order valence-electron chi connectivity index (χ1n) is 9.56. The van der Waals surface area contributed by atoms with Gasteiger partial charge in [0.15, 0.2) is 0 Å². The summed E-state index contributed by atoms with van der Waals surface area (Å²) in [6.45, 7) is 4.63. The van der Waals surface area contributed by atoms with Crippen LogP contribution in [0, 0.1) is 0 Å². The van der Waals surface area contributed by atoms with Crippen molar-refractivity contribution in [2.75, 3.05) is 26.7 Å². The molecule has 2 amide bonds. The second-order valence-corrected chi connectivity index (χ2v) is 8.72. The molecule has 2 rings (SSSR count). The standard InChI is InChI=1S/C19H29N3O5S/c1-4-10-20-18(23)13-21-19(24)15-8-9-16(27-3)17(12-15)28(25,26)22-11-6-5-7-14(22)2/h8-9,12,14H,4-7,10-11,13H2,1-3H3,(H,20,23)(H,21,24)/t14-/m1/s1. The summed E-state index contributed by atoms with van der Waals surface area (Å²) in [5.74, 6) is -0.619. The number of nitrogens with zero attached hydrogens (tertiary/aromatic N) is 1. The van der Waals surface area contributed by atoms with E-state index in [4.69, 9.17) is 4.74 Å². The number of hydrogen-bond acceptors (Lipinski definition) is 5. The molecule has 8 nitrogen and oxygen atoms in total. The van der Waals surface area contributed by atoms with Gasteiger partial charge in [-0.3, -0.25) is 9.59 Å². The highest BCUT2D eigenvalue weighted by atomic mass is 32.2. The monoisotopic (exact) mass is 411 g/mol. The summed E-state index contributed by atoms with van der Waals surface area (Å²) in [4.78, 5) is 24.0. The molecule has 1 aliphatic heterocycles. The molecule has 2 N–H and O–H groups in total. The second kappa shape index (κ2) is 9.88. The summed E-state index contributed by atoms with van der Waals surface area (Å²) in [6.07, 6.45) is 3.40. The quantitative estimate of drug-likeness (QED) is 0.675. The Balaban J connectivity index is 2.23. The van der Waals surface area contributed by atoms with Gasteiger partial charge in [-0.2, -0.15) is 4.31 Å². The first-order chi connectivity index (χ1) is 13.3. The zero-order chi connectivity index (χ0) is 20.7. The Morgan fingerprint density at radius 3 is 2.64 bits per heavy atom. The summed E-state index contributed by atoms with van der Waals surface area (Å²) in [7, 11) is -2.41. The number of amides is 2. The zero-order valence-corrected chi connectivity index (χ0v) is 17.5. The average Bonchev–Trinajstić information content (AvgIpc) is 2.70. The maximum Gasteiger partial charge on any atom is 0.251 e. The third-order valence-electron chi connectivity index (χ3n) is 4.74. The molecule has 1 aromatic carbocycles. The minimum absolute atomic E-state index is 0.0353. The molecule has 1 atom stereocenters. The van der Waals surface area contributed by atoms with E-state index < -0.39 is 15.9 Å². The highest BCUT2D eigenvalue weighted by molar-refractivity contribution is 7.89. The lowest BCUT2D eigenvalue weighted by molar-refractivity contribution is -0.120. The number of carbonyl (C=O) groups excluding carboxylic acids is 2. The largest absolute Gasteiger partial charge is 0.495 e. The van der Waals surface area contributed by atoms with Crippen LogP contribution in [-0.2, 0) is 14.8 Å². The van der Waals surface area contributed by atoms with Gasteiger partial charge < -0.3 is 15.4 Å². The lowest BCUT2D eigenvalue weighted by atomic mass is 10.1. The topological polar surface area (TPSA) is 105 Å². The van der Waals surface area contributed by atoms with Crippen LogP contribution in [0.4, 0.5) is 0 Å². The van der Waals surface area contributed by atoms with E-state index in [0.717, 1.165) is 25.7 Å². The molecule has 156 valence electrons. The van der Waals surface area contributed by atoms with Crippen molar-refractivity contribution in [3.8, 4) is 5.75 Å². The van der Waals surface area contributed by atoms with Crippen molar-refractivity contribution in [1.29, 1.82) is 0 Å². The fourth-order valence-corrected chi connectivity index (χ4v) is 5.05. The minimum atomic E-state index is -3.80. The van der Waals surface area contributed by atoms with Gasteiger partial charge in [0, 0.05) is 24.7 Å². The first-order valence-corrected chi connectivity index (χ1v) is 11.0. The van der Waals surface area contributed by atoms with Gasteiger partial charge in [-0.15, -0.1) is 0 Å². The van der Waals surface area contributed by atoms with Crippen molar-refractivity contribution in [2.45, 2.75) is 50.5 Å². The molecule has 0 bridgehead atoms. The van der Waals surface area contributed by atoms with Crippen molar-refractivity contribution in [2.24, 2.45) is 0 Å². The molecule has 0 saturated carbocycles. The smallest absolute Gasteiger partial charge is 0.251 e. The van der Waals surface area contributed by atoms with E-state index in [-0.39, 0.29) is 34.7 Å². The molecule has 1 aromatic rings. The molecular weight excluding hydrogens is 382 g/mol. The number of rotatable bonds is 8. The van der Waals surface area contributed by atoms with Crippen LogP contribution in [0.1, 0.15) is 49.9 Å². The average molecular weight is 412 g/mol. The Morgan fingerprint density at radius 1 is 1.25 bits per heavy atom. The summed E-state index contributed by atoms with van der Waals surface area (Å²) in [5, 5.41) is 5.18. The molecule has 0 aliphatic carbocycles. The van der Waals surface area contributed by atoms with Crippen LogP contribution in [0.15, 0.2) is 23.1 Å². The second-order valence-electron chi connectivity index (χ2n) is 6.86. The molecule has 9 heteroatoms. The highest BCUT2D eigenvalue weighted by Gasteiger charge is 2.33. The van der Waals surface area contributed by atoms with E-state index in [9.17, 15) is 18.0 Å². The normalized spacial score (nSPS) is 17.8. The van der Waals surface area contributed by atoms with Crippen LogP contribution in [0.5, 0.6) is 5.75 Å². The molecule has 0 unspecified atom stereocenters. The van der Waals surface area contributed by atoms with Gasteiger partial charge in [0.2, 0.25) is 15.9 Å². The number of piperidine rings is 1. The van der Waals surface area contributed by atoms with Gasteiger partial charge >= 0.3 is 0 Å². The first kappa shape index (κ1) is 22.2. The zero-order valence-electron chi connectivity index (χ0n) is 16.7. The predicted molar refractivity (Wildman–Crippen MR) is 106 cm³/mol. The van der Waals surface area contributed by atoms with Crippen LogP contribution < -0.4 is 15.4 Å². The molecule has 1 fully saturated rings. The summed E-state index contributed by atoms with van der Waals surface area (Å²) in [6, 6.07) is 4.15. The Morgan fingerprint density at radius 2 is 2.00 bits per heavy atom. The lowest BCUT2D eigenvalue weighted by Crippen LogP contribution is -2.42. The molecular formula is C19H29N3O5S. The van der Waals surface area contributed by atoms with Gasteiger partial charge in [-0.25, -0.2) is 8.42 Å². The van der Waals surface area contributed by atoms with E-state index in [1.807, 2.05) is 13.8 Å². The molecule has 0 radical (unpaired) electrons.